The molecule has 0 bridgehead atoms. The molecule has 0 aliphatic carbocycles. The summed E-state index contributed by atoms with van der Waals surface area (Å²) in [6.07, 6.45) is 5.67. The average Bonchev–Trinajstić information content (AvgIpc) is 3.30. The van der Waals surface area contributed by atoms with Crippen molar-refractivity contribution in [1.29, 1.82) is 0 Å². The molecule has 0 amide bonds. The molecule has 0 radical (unpaired) electrons. The highest BCUT2D eigenvalue weighted by Crippen LogP contribution is 2.25. The van der Waals surface area contributed by atoms with E-state index in [-0.39, 0.29) is 6.29 Å². The Morgan fingerprint density at radius 1 is 1.16 bits per heavy atom. The molecule has 1 fully saturated rings. The van der Waals surface area contributed by atoms with Gasteiger partial charge < -0.3 is 19.1 Å². The van der Waals surface area contributed by atoms with Crippen LogP contribution in [0.4, 0.5) is 11.5 Å². The summed E-state index contributed by atoms with van der Waals surface area (Å²) in [7, 11) is 0. The van der Waals surface area contributed by atoms with Gasteiger partial charge in [0.15, 0.2) is 12.1 Å². The molecule has 1 aliphatic heterocycles. The summed E-state index contributed by atoms with van der Waals surface area (Å²) < 4.78 is 17.0. The number of unbranched alkanes of at least 4 members (excludes halogenated alkanes) is 1. The van der Waals surface area contributed by atoms with Crippen molar-refractivity contribution in [3.8, 4) is 5.88 Å². The van der Waals surface area contributed by atoms with Gasteiger partial charge in [0.1, 0.15) is 0 Å². The number of nitrogens with one attached hydrogen (secondary N) is 1. The van der Waals surface area contributed by atoms with Crippen molar-refractivity contribution < 1.29 is 14.2 Å². The standard InChI is InChI=1S/C25H36N4O3/c1-4-6-12-29(11-5-2)22-17-23(28-26-19-21-9-7-8-20(3)16-21)27-24(18-22)30-13-10-25-31-14-15-32-25/h7-9,16-19,25H,4-6,10-15H2,1-3H3,(H,27,28)/b26-19+. The van der Waals surface area contributed by atoms with Gasteiger partial charge in [0, 0.05) is 37.3 Å². The predicted molar refractivity (Wildman–Crippen MR) is 130 cm³/mol. The fourth-order valence-corrected chi connectivity index (χ4v) is 3.55. The predicted octanol–water partition coefficient (Wildman–Crippen LogP) is 4.99. The summed E-state index contributed by atoms with van der Waals surface area (Å²) >= 11 is 0. The van der Waals surface area contributed by atoms with Crippen LogP contribution in [-0.4, -0.2) is 50.4 Å². The van der Waals surface area contributed by atoms with Gasteiger partial charge in [0.2, 0.25) is 5.88 Å². The van der Waals surface area contributed by atoms with Crippen LogP contribution < -0.4 is 15.1 Å². The molecule has 2 aromatic rings. The lowest BCUT2D eigenvalue weighted by atomic mass is 10.2. The molecule has 1 aliphatic rings. The summed E-state index contributed by atoms with van der Waals surface area (Å²) in [5.41, 5.74) is 6.41. The van der Waals surface area contributed by atoms with Crippen molar-refractivity contribution >= 4 is 17.7 Å². The van der Waals surface area contributed by atoms with Gasteiger partial charge >= 0.3 is 0 Å². The smallest absolute Gasteiger partial charge is 0.217 e. The van der Waals surface area contributed by atoms with Crippen molar-refractivity contribution in [2.45, 2.75) is 52.7 Å². The largest absolute Gasteiger partial charge is 0.477 e. The molecule has 1 aromatic carbocycles. The molecule has 174 valence electrons. The molecule has 0 spiro atoms. The Morgan fingerprint density at radius 2 is 2.00 bits per heavy atom. The number of pyridine rings is 1. The molecule has 2 heterocycles. The van der Waals surface area contributed by atoms with Crippen LogP contribution in [-0.2, 0) is 9.47 Å². The highest BCUT2D eigenvalue weighted by molar-refractivity contribution is 5.80. The van der Waals surface area contributed by atoms with Crippen molar-refractivity contribution in [3.63, 3.8) is 0 Å². The van der Waals surface area contributed by atoms with E-state index in [0.29, 0.717) is 37.9 Å². The minimum atomic E-state index is -0.184. The lowest BCUT2D eigenvalue weighted by molar-refractivity contribution is -0.0533. The summed E-state index contributed by atoms with van der Waals surface area (Å²) in [6.45, 7) is 10.2. The molecule has 1 saturated heterocycles. The van der Waals surface area contributed by atoms with E-state index in [1.165, 1.54) is 5.56 Å². The van der Waals surface area contributed by atoms with Crippen LogP contribution in [0, 0.1) is 6.92 Å². The van der Waals surface area contributed by atoms with Crippen LogP contribution >= 0.6 is 0 Å². The zero-order chi connectivity index (χ0) is 22.6. The Bertz CT molecular complexity index is 853. The number of hydrogen-bond donors (Lipinski definition) is 1. The van der Waals surface area contributed by atoms with E-state index in [1.807, 2.05) is 24.3 Å². The minimum absolute atomic E-state index is 0.184. The number of aromatic nitrogens is 1. The maximum atomic E-state index is 5.97. The molecule has 3 rings (SSSR count). The molecular formula is C25H36N4O3. The van der Waals surface area contributed by atoms with Gasteiger partial charge in [-0.05, 0) is 25.3 Å². The van der Waals surface area contributed by atoms with Crippen LogP contribution in [0.15, 0.2) is 41.5 Å². The number of anilines is 2. The van der Waals surface area contributed by atoms with Gasteiger partial charge in [-0.3, -0.25) is 5.43 Å². The lowest BCUT2D eigenvalue weighted by Gasteiger charge is -2.25. The molecule has 1 aromatic heterocycles. The monoisotopic (exact) mass is 440 g/mol. The molecule has 7 nitrogen and oxygen atoms in total. The van der Waals surface area contributed by atoms with Gasteiger partial charge in [-0.25, -0.2) is 0 Å². The minimum Gasteiger partial charge on any atom is -0.477 e. The van der Waals surface area contributed by atoms with Gasteiger partial charge in [0.25, 0.3) is 0 Å². The fourth-order valence-electron chi connectivity index (χ4n) is 3.55. The fraction of sp³-hybridized carbons (Fsp3) is 0.520. The van der Waals surface area contributed by atoms with E-state index in [9.17, 15) is 0 Å². The zero-order valence-electron chi connectivity index (χ0n) is 19.5. The second-order valence-electron chi connectivity index (χ2n) is 7.98. The second-order valence-corrected chi connectivity index (χ2v) is 7.98. The summed E-state index contributed by atoms with van der Waals surface area (Å²) in [5.74, 6) is 1.23. The first-order valence-corrected chi connectivity index (χ1v) is 11.7. The van der Waals surface area contributed by atoms with E-state index in [0.717, 1.165) is 43.6 Å². The van der Waals surface area contributed by atoms with E-state index in [4.69, 9.17) is 14.2 Å². The highest BCUT2D eigenvalue weighted by Gasteiger charge is 2.16. The number of ether oxygens (including phenoxy) is 3. The number of hydrogen-bond acceptors (Lipinski definition) is 7. The third-order valence-electron chi connectivity index (χ3n) is 5.16. The highest BCUT2D eigenvalue weighted by atomic mass is 16.7. The maximum absolute atomic E-state index is 5.97. The SMILES string of the molecule is CCCCN(CCC)c1cc(N/N=C/c2cccc(C)c2)nc(OCCC2OCCO2)c1. The van der Waals surface area contributed by atoms with Crippen molar-refractivity contribution in [2.24, 2.45) is 5.10 Å². The zero-order valence-corrected chi connectivity index (χ0v) is 19.5. The van der Waals surface area contributed by atoms with Crippen LogP contribution in [0.25, 0.3) is 0 Å². The molecule has 7 heteroatoms. The van der Waals surface area contributed by atoms with Crippen molar-refractivity contribution in [1.82, 2.24) is 4.98 Å². The topological polar surface area (TPSA) is 68.2 Å². The number of aryl methyl sites for hydroxylation is 1. The molecule has 0 atom stereocenters. The number of hydrazone groups is 1. The second kappa shape index (κ2) is 13.0. The van der Waals surface area contributed by atoms with E-state index in [2.05, 4.69) is 53.3 Å². The Balaban J connectivity index is 1.73. The number of rotatable bonds is 13. The van der Waals surface area contributed by atoms with Crippen molar-refractivity contribution in [3.05, 3.63) is 47.5 Å². The third-order valence-corrected chi connectivity index (χ3v) is 5.16. The first-order chi connectivity index (χ1) is 15.7. The van der Waals surface area contributed by atoms with Gasteiger partial charge in [-0.15, -0.1) is 0 Å². The third kappa shape index (κ3) is 7.80. The van der Waals surface area contributed by atoms with Crippen LogP contribution in [0.1, 0.15) is 50.7 Å². The van der Waals surface area contributed by atoms with Gasteiger partial charge in [-0.2, -0.15) is 10.1 Å². The van der Waals surface area contributed by atoms with Crippen LogP contribution in [0.3, 0.4) is 0 Å². The molecule has 32 heavy (non-hydrogen) atoms. The molecule has 0 unspecified atom stereocenters. The quantitative estimate of drug-likeness (QED) is 0.349. The van der Waals surface area contributed by atoms with Gasteiger partial charge in [-0.1, -0.05) is 50.1 Å². The van der Waals surface area contributed by atoms with E-state index in [1.54, 1.807) is 6.21 Å². The number of benzene rings is 1. The Kier molecular flexibility index (Phi) is 9.78. The van der Waals surface area contributed by atoms with Gasteiger partial charge in [0.05, 0.1) is 26.0 Å². The molecule has 0 saturated carbocycles. The Labute approximate surface area is 191 Å². The first-order valence-electron chi connectivity index (χ1n) is 11.7. The lowest BCUT2D eigenvalue weighted by Crippen LogP contribution is -2.25. The Hall–Kier alpha value is -2.64. The summed E-state index contributed by atoms with van der Waals surface area (Å²) in [6, 6.07) is 12.3. The Morgan fingerprint density at radius 3 is 2.75 bits per heavy atom. The molecular weight excluding hydrogens is 404 g/mol. The first kappa shape index (κ1) is 24.0. The summed E-state index contributed by atoms with van der Waals surface area (Å²) in [5, 5.41) is 4.39. The number of nitrogens with zero attached hydrogens (tertiary/aromatic N) is 3. The average molecular weight is 441 g/mol. The maximum Gasteiger partial charge on any atom is 0.217 e. The van der Waals surface area contributed by atoms with Crippen LogP contribution in [0.2, 0.25) is 0 Å². The van der Waals surface area contributed by atoms with E-state index < -0.39 is 0 Å². The normalized spacial score (nSPS) is 14.2. The summed E-state index contributed by atoms with van der Waals surface area (Å²) in [4.78, 5) is 7.00. The van der Waals surface area contributed by atoms with E-state index >= 15 is 0 Å². The van der Waals surface area contributed by atoms with Crippen LogP contribution in [0.5, 0.6) is 5.88 Å². The molecule has 1 N–H and O–H groups in total. The van der Waals surface area contributed by atoms with Crippen molar-refractivity contribution in [2.75, 3.05) is 43.2 Å².